The van der Waals surface area contributed by atoms with Crippen LogP contribution in [-0.2, 0) is 6.42 Å². The van der Waals surface area contributed by atoms with E-state index in [1.807, 2.05) is 0 Å². The van der Waals surface area contributed by atoms with Gasteiger partial charge in [-0.25, -0.2) is 4.98 Å². The molecule has 0 aliphatic heterocycles. The van der Waals surface area contributed by atoms with Crippen LogP contribution >= 0.6 is 0 Å². The SMILES string of the molecule is Cc1ccc(-c2nc(CC(C)CN)[nH]c2C)cc1. The summed E-state index contributed by atoms with van der Waals surface area (Å²) in [4.78, 5) is 8.04. The van der Waals surface area contributed by atoms with E-state index in [0.717, 1.165) is 23.6 Å². The van der Waals surface area contributed by atoms with E-state index in [0.29, 0.717) is 12.5 Å². The third-order valence-electron chi connectivity index (χ3n) is 3.20. The van der Waals surface area contributed by atoms with Crippen LogP contribution in [0.1, 0.15) is 24.0 Å². The number of aryl methyl sites for hydroxylation is 2. The fourth-order valence-corrected chi connectivity index (χ4v) is 2.02. The highest BCUT2D eigenvalue weighted by Crippen LogP contribution is 2.22. The molecule has 96 valence electrons. The maximum Gasteiger partial charge on any atom is 0.107 e. The lowest BCUT2D eigenvalue weighted by Crippen LogP contribution is -2.13. The van der Waals surface area contributed by atoms with Crippen LogP contribution in [0, 0.1) is 19.8 Å². The zero-order chi connectivity index (χ0) is 13.1. The number of nitrogens with one attached hydrogen (secondary N) is 1. The van der Waals surface area contributed by atoms with E-state index in [1.54, 1.807) is 0 Å². The van der Waals surface area contributed by atoms with Gasteiger partial charge in [0.25, 0.3) is 0 Å². The van der Waals surface area contributed by atoms with Crippen molar-refractivity contribution in [2.75, 3.05) is 6.54 Å². The highest BCUT2D eigenvalue weighted by molar-refractivity contribution is 5.62. The van der Waals surface area contributed by atoms with Crippen LogP contribution in [0.2, 0.25) is 0 Å². The lowest BCUT2D eigenvalue weighted by atomic mass is 10.1. The minimum absolute atomic E-state index is 0.460. The monoisotopic (exact) mass is 243 g/mol. The molecule has 18 heavy (non-hydrogen) atoms. The second-order valence-electron chi connectivity index (χ2n) is 5.07. The van der Waals surface area contributed by atoms with E-state index in [1.165, 1.54) is 11.1 Å². The minimum Gasteiger partial charge on any atom is -0.346 e. The van der Waals surface area contributed by atoms with Crippen molar-refractivity contribution in [2.24, 2.45) is 11.7 Å². The van der Waals surface area contributed by atoms with Crippen molar-refractivity contribution < 1.29 is 0 Å². The summed E-state index contributed by atoms with van der Waals surface area (Å²) in [6.07, 6.45) is 0.906. The van der Waals surface area contributed by atoms with E-state index in [4.69, 9.17) is 5.73 Å². The zero-order valence-corrected chi connectivity index (χ0v) is 11.3. The Kier molecular flexibility index (Phi) is 3.82. The third kappa shape index (κ3) is 2.79. The smallest absolute Gasteiger partial charge is 0.107 e. The quantitative estimate of drug-likeness (QED) is 0.867. The van der Waals surface area contributed by atoms with Gasteiger partial charge in [-0.1, -0.05) is 36.8 Å². The molecular weight excluding hydrogens is 222 g/mol. The van der Waals surface area contributed by atoms with Crippen LogP contribution in [-0.4, -0.2) is 16.5 Å². The molecule has 3 heteroatoms. The van der Waals surface area contributed by atoms with Gasteiger partial charge in [-0.3, -0.25) is 0 Å². The number of aromatic nitrogens is 2. The van der Waals surface area contributed by atoms with E-state index in [9.17, 15) is 0 Å². The molecule has 0 radical (unpaired) electrons. The number of rotatable bonds is 4. The number of H-pyrrole nitrogens is 1. The molecule has 3 nitrogen and oxygen atoms in total. The molecular formula is C15H21N3. The number of aromatic amines is 1. The Morgan fingerprint density at radius 1 is 1.22 bits per heavy atom. The summed E-state index contributed by atoms with van der Waals surface area (Å²) < 4.78 is 0. The fourth-order valence-electron chi connectivity index (χ4n) is 2.02. The molecule has 0 fully saturated rings. The summed E-state index contributed by atoms with van der Waals surface area (Å²) in [5, 5.41) is 0. The first-order valence-electron chi connectivity index (χ1n) is 6.42. The Morgan fingerprint density at radius 2 is 1.89 bits per heavy atom. The summed E-state index contributed by atoms with van der Waals surface area (Å²) in [6, 6.07) is 8.47. The van der Waals surface area contributed by atoms with Crippen molar-refractivity contribution in [2.45, 2.75) is 27.2 Å². The predicted molar refractivity (Wildman–Crippen MR) is 75.4 cm³/mol. The van der Waals surface area contributed by atoms with Gasteiger partial charge in [0.15, 0.2) is 0 Å². The summed E-state index contributed by atoms with van der Waals surface area (Å²) >= 11 is 0. The van der Waals surface area contributed by atoms with Crippen molar-refractivity contribution in [3.63, 3.8) is 0 Å². The van der Waals surface area contributed by atoms with Gasteiger partial charge in [0, 0.05) is 17.7 Å². The van der Waals surface area contributed by atoms with Crippen molar-refractivity contribution in [3.05, 3.63) is 41.3 Å². The zero-order valence-electron chi connectivity index (χ0n) is 11.3. The average Bonchev–Trinajstić information content (AvgIpc) is 2.71. The van der Waals surface area contributed by atoms with Crippen LogP contribution in [0.25, 0.3) is 11.3 Å². The topological polar surface area (TPSA) is 54.7 Å². The van der Waals surface area contributed by atoms with E-state index in [2.05, 4.69) is 55.0 Å². The molecule has 0 saturated heterocycles. The highest BCUT2D eigenvalue weighted by atomic mass is 14.9. The van der Waals surface area contributed by atoms with Crippen LogP contribution in [0.15, 0.2) is 24.3 Å². The number of nitrogens with two attached hydrogens (primary N) is 1. The Bertz CT molecular complexity index is 511. The molecule has 0 spiro atoms. The molecule has 1 aromatic heterocycles. The first-order valence-corrected chi connectivity index (χ1v) is 6.42. The maximum absolute atomic E-state index is 5.65. The van der Waals surface area contributed by atoms with Crippen LogP contribution in [0.5, 0.6) is 0 Å². The minimum atomic E-state index is 0.460. The van der Waals surface area contributed by atoms with Crippen LogP contribution in [0.3, 0.4) is 0 Å². The molecule has 2 rings (SSSR count). The first-order chi connectivity index (χ1) is 8.60. The molecule has 1 unspecified atom stereocenters. The second kappa shape index (κ2) is 5.36. The first kappa shape index (κ1) is 12.8. The predicted octanol–water partition coefficient (Wildman–Crippen LogP) is 2.83. The number of imidazole rings is 1. The van der Waals surface area contributed by atoms with Gasteiger partial charge in [0.05, 0.1) is 5.69 Å². The average molecular weight is 243 g/mol. The Labute approximate surface area is 108 Å². The Hall–Kier alpha value is -1.61. The van der Waals surface area contributed by atoms with Crippen molar-refractivity contribution in [3.8, 4) is 11.3 Å². The summed E-state index contributed by atoms with van der Waals surface area (Å²) in [7, 11) is 0. The standard InChI is InChI=1S/C15H21N3/c1-10-4-6-13(7-5-10)15-12(3)17-14(18-15)8-11(2)9-16/h4-7,11H,8-9,16H2,1-3H3,(H,17,18). The molecule has 1 atom stereocenters. The van der Waals surface area contributed by atoms with Gasteiger partial charge in [0.1, 0.15) is 5.82 Å². The van der Waals surface area contributed by atoms with E-state index in [-0.39, 0.29) is 0 Å². The van der Waals surface area contributed by atoms with Gasteiger partial charge in [0.2, 0.25) is 0 Å². The number of nitrogens with zero attached hydrogens (tertiary/aromatic N) is 1. The molecule has 0 aliphatic carbocycles. The molecule has 1 aromatic carbocycles. The summed E-state index contributed by atoms with van der Waals surface area (Å²) in [5.41, 5.74) is 10.3. The van der Waals surface area contributed by atoms with E-state index < -0.39 is 0 Å². The van der Waals surface area contributed by atoms with E-state index >= 15 is 0 Å². The van der Waals surface area contributed by atoms with Gasteiger partial charge in [-0.15, -0.1) is 0 Å². The highest BCUT2D eigenvalue weighted by Gasteiger charge is 2.10. The fraction of sp³-hybridized carbons (Fsp3) is 0.400. The van der Waals surface area contributed by atoms with Crippen molar-refractivity contribution >= 4 is 0 Å². The Morgan fingerprint density at radius 3 is 2.50 bits per heavy atom. The second-order valence-corrected chi connectivity index (χ2v) is 5.07. The van der Waals surface area contributed by atoms with Gasteiger partial charge in [-0.05, 0) is 26.3 Å². The molecule has 0 bridgehead atoms. The number of hydrogen-bond donors (Lipinski definition) is 2. The Balaban J connectivity index is 2.26. The number of benzene rings is 1. The molecule has 0 aliphatic rings. The molecule has 2 aromatic rings. The van der Waals surface area contributed by atoms with Gasteiger partial charge in [-0.2, -0.15) is 0 Å². The lowest BCUT2D eigenvalue weighted by Gasteiger charge is -2.04. The summed E-state index contributed by atoms with van der Waals surface area (Å²) in [6.45, 7) is 7.00. The van der Waals surface area contributed by atoms with Crippen molar-refractivity contribution in [1.29, 1.82) is 0 Å². The molecule has 1 heterocycles. The maximum atomic E-state index is 5.65. The van der Waals surface area contributed by atoms with Crippen LogP contribution < -0.4 is 5.73 Å². The lowest BCUT2D eigenvalue weighted by molar-refractivity contribution is 0.577. The summed E-state index contributed by atoms with van der Waals surface area (Å²) in [5.74, 6) is 1.49. The number of hydrogen-bond acceptors (Lipinski definition) is 2. The molecule has 3 N–H and O–H groups in total. The molecule has 0 saturated carbocycles. The van der Waals surface area contributed by atoms with Gasteiger partial charge >= 0.3 is 0 Å². The van der Waals surface area contributed by atoms with Gasteiger partial charge < -0.3 is 10.7 Å². The van der Waals surface area contributed by atoms with Crippen molar-refractivity contribution in [1.82, 2.24) is 9.97 Å². The normalized spacial score (nSPS) is 12.7. The molecule has 0 amide bonds. The largest absolute Gasteiger partial charge is 0.346 e. The van der Waals surface area contributed by atoms with Crippen LogP contribution in [0.4, 0.5) is 0 Å². The third-order valence-corrected chi connectivity index (χ3v) is 3.20.